The highest BCUT2D eigenvalue weighted by atomic mass is 19.1. The van der Waals surface area contributed by atoms with Crippen LogP contribution in [-0.4, -0.2) is 27.3 Å². The summed E-state index contributed by atoms with van der Waals surface area (Å²) < 4.78 is 41.2. The van der Waals surface area contributed by atoms with Crippen LogP contribution in [0.3, 0.4) is 0 Å². The van der Waals surface area contributed by atoms with Crippen molar-refractivity contribution in [3.05, 3.63) is 23.3 Å². The van der Waals surface area contributed by atoms with Gasteiger partial charge in [-0.1, -0.05) is 0 Å². The monoisotopic (exact) mass is 246 g/mol. The zero-order valence-corrected chi connectivity index (χ0v) is 9.67. The van der Waals surface area contributed by atoms with E-state index in [0.29, 0.717) is 0 Å². The molecular formula is C11H12F2O4. The predicted octanol–water partition coefficient (Wildman–Crippen LogP) is 1.70. The molecule has 0 aromatic heterocycles. The van der Waals surface area contributed by atoms with Crippen molar-refractivity contribution in [1.29, 1.82) is 0 Å². The third-order valence-electron chi connectivity index (χ3n) is 2.21. The Morgan fingerprint density at radius 3 is 1.94 bits per heavy atom. The molecule has 1 rings (SSSR count). The normalized spacial score (nSPS) is 9.94. The molecule has 1 aromatic carbocycles. The Bertz CT molecular complexity index is 404. The Hall–Kier alpha value is -1.85. The first-order valence-electron chi connectivity index (χ1n) is 4.70. The molecule has 0 aliphatic rings. The van der Waals surface area contributed by atoms with Crippen molar-refractivity contribution in [2.75, 3.05) is 21.3 Å². The lowest BCUT2D eigenvalue weighted by atomic mass is 10.1. The van der Waals surface area contributed by atoms with E-state index in [-0.39, 0.29) is 11.5 Å². The van der Waals surface area contributed by atoms with Crippen molar-refractivity contribution in [2.24, 2.45) is 0 Å². The summed E-state index contributed by atoms with van der Waals surface area (Å²) in [4.78, 5) is 11.0. The maximum absolute atomic E-state index is 13.7. The lowest BCUT2D eigenvalue weighted by Gasteiger charge is -2.11. The van der Waals surface area contributed by atoms with Gasteiger partial charge in [-0.25, -0.2) is 8.78 Å². The Morgan fingerprint density at radius 1 is 1.12 bits per heavy atom. The number of hydrogen-bond donors (Lipinski definition) is 0. The van der Waals surface area contributed by atoms with Crippen LogP contribution in [0, 0.1) is 11.6 Å². The highest BCUT2D eigenvalue weighted by molar-refractivity contribution is 5.73. The summed E-state index contributed by atoms with van der Waals surface area (Å²) in [5.74, 6) is -3.00. The van der Waals surface area contributed by atoms with Crippen LogP contribution < -0.4 is 9.47 Å². The average Bonchev–Trinajstić information content (AvgIpc) is 2.34. The fourth-order valence-corrected chi connectivity index (χ4v) is 1.31. The predicted molar refractivity (Wildman–Crippen MR) is 55.2 cm³/mol. The molecule has 0 bridgehead atoms. The number of halogens is 2. The van der Waals surface area contributed by atoms with Crippen molar-refractivity contribution in [3.8, 4) is 11.5 Å². The van der Waals surface area contributed by atoms with Crippen LogP contribution in [0.1, 0.15) is 5.56 Å². The second-order valence-corrected chi connectivity index (χ2v) is 3.14. The molecule has 0 radical (unpaired) electrons. The molecular weight excluding hydrogens is 234 g/mol. The van der Waals surface area contributed by atoms with Gasteiger partial charge in [-0.2, -0.15) is 0 Å². The largest absolute Gasteiger partial charge is 0.494 e. The number of carbonyl (C=O) groups is 1. The topological polar surface area (TPSA) is 44.8 Å². The third kappa shape index (κ3) is 2.64. The van der Waals surface area contributed by atoms with Crippen molar-refractivity contribution in [2.45, 2.75) is 6.42 Å². The molecule has 0 fully saturated rings. The van der Waals surface area contributed by atoms with Crippen LogP contribution in [-0.2, 0) is 16.0 Å². The van der Waals surface area contributed by atoms with Gasteiger partial charge in [-0.3, -0.25) is 4.79 Å². The molecule has 0 atom stereocenters. The highest BCUT2D eigenvalue weighted by Gasteiger charge is 2.22. The lowest BCUT2D eigenvalue weighted by Crippen LogP contribution is -2.10. The van der Waals surface area contributed by atoms with Crippen LogP contribution in [0.15, 0.2) is 6.07 Å². The summed E-state index contributed by atoms with van der Waals surface area (Å²) in [6.45, 7) is 0. The number of ether oxygens (including phenoxy) is 3. The van der Waals surface area contributed by atoms with E-state index in [9.17, 15) is 13.6 Å². The molecule has 0 unspecified atom stereocenters. The van der Waals surface area contributed by atoms with Gasteiger partial charge in [-0.05, 0) is 0 Å². The number of benzene rings is 1. The van der Waals surface area contributed by atoms with E-state index < -0.39 is 29.6 Å². The molecule has 17 heavy (non-hydrogen) atoms. The van der Waals surface area contributed by atoms with E-state index in [4.69, 9.17) is 9.47 Å². The van der Waals surface area contributed by atoms with Gasteiger partial charge in [-0.15, -0.1) is 0 Å². The summed E-state index contributed by atoms with van der Waals surface area (Å²) in [6, 6.07) is 1.07. The second kappa shape index (κ2) is 5.47. The molecule has 0 N–H and O–H groups in total. The average molecular weight is 246 g/mol. The van der Waals surface area contributed by atoms with Crippen molar-refractivity contribution < 1.29 is 27.8 Å². The molecule has 0 amide bonds. The second-order valence-electron chi connectivity index (χ2n) is 3.14. The summed E-state index contributed by atoms with van der Waals surface area (Å²) in [7, 11) is 3.60. The van der Waals surface area contributed by atoms with E-state index in [1.165, 1.54) is 14.2 Å². The van der Waals surface area contributed by atoms with Gasteiger partial charge in [0.25, 0.3) is 0 Å². The molecule has 0 heterocycles. The van der Waals surface area contributed by atoms with Crippen LogP contribution in [0.2, 0.25) is 0 Å². The van der Waals surface area contributed by atoms with E-state index in [1.807, 2.05) is 0 Å². The lowest BCUT2D eigenvalue weighted by molar-refractivity contribution is -0.139. The zero-order chi connectivity index (χ0) is 13.0. The quantitative estimate of drug-likeness (QED) is 0.758. The van der Waals surface area contributed by atoms with Crippen molar-refractivity contribution in [1.82, 2.24) is 0 Å². The van der Waals surface area contributed by atoms with Gasteiger partial charge in [0.05, 0.1) is 27.8 Å². The number of carbonyl (C=O) groups excluding carboxylic acids is 1. The Balaban J connectivity index is 3.29. The fourth-order valence-electron chi connectivity index (χ4n) is 1.31. The Labute approximate surface area is 97.1 Å². The van der Waals surface area contributed by atoms with Gasteiger partial charge in [0, 0.05) is 11.6 Å². The van der Waals surface area contributed by atoms with Crippen LogP contribution in [0.25, 0.3) is 0 Å². The first-order chi connectivity index (χ1) is 8.04. The molecule has 0 aliphatic carbocycles. The first-order valence-corrected chi connectivity index (χ1v) is 4.70. The minimum Gasteiger partial charge on any atom is -0.494 e. The summed E-state index contributed by atoms with van der Waals surface area (Å²) in [6.07, 6.45) is -0.526. The van der Waals surface area contributed by atoms with E-state index in [0.717, 1.165) is 13.2 Å². The van der Waals surface area contributed by atoms with Gasteiger partial charge in [0.15, 0.2) is 23.1 Å². The number of methoxy groups -OCH3 is 3. The van der Waals surface area contributed by atoms with E-state index in [2.05, 4.69) is 4.74 Å². The summed E-state index contributed by atoms with van der Waals surface area (Å²) in [5.41, 5.74) is -0.437. The van der Waals surface area contributed by atoms with Crippen LogP contribution >= 0.6 is 0 Å². The number of rotatable bonds is 4. The molecule has 94 valence electrons. The van der Waals surface area contributed by atoms with Gasteiger partial charge in [0.2, 0.25) is 0 Å². The molecule has 4 nitrogen and oxygen atoms in total. The highest BCUT2D eigenvalue weighted by Crippen LogP contribution is 2.31. The van der Waals surface area contributed by atoms with Gasteiger partial charge in [0.1, 0.15) is 0 Å². The van der Waals surface area contributed by atoms with E-state index in [1.54, 1.807) is 0 Å². The Morgan fingerprint density at radius 2 is 1.59 bits per heavy atom. The molecule has 0 aliphatic heterocycles. The summed E-state index contributed by atoms with van der Waals surface area (Å²) in [5, 5.41) is 0. The van der Waals surface area contributed by atoms with E-state index >= 15 is 0 Å². The summed E-state index contributed by atoms with van der Waals surface area (Å²) >= 11 is 0. The molecule has 0 spiro atoms. The maximum atomic E-state index is 13.7. The zero-order valence-electron chi connectivity index (χ0n) is 9.67. The smallest absolute Gasteiger partial charge is 0.310 e. The van der Waals surface area contributed by atoms with Crippen LogP contribution in [0.4, 0.5) is 8.78 Å². The fraction of sp³-hybridized carbons (Fsp3) is 0.364. The first kappa shape index (κ1) is 13.2. The van der Waals surface area contributed by atoms with Crippen molar-refractivity contribution >= 4 is 5.97 Å². The Kier molecular flexibility index (Phi) is 4.25. The molecule has 0 saturated heterocycles. The molecule has 0 saturated carbocycles. The third-order valence-corrected chi connectivity index (χ3v) is 2.21. The molecule has 6 heteroatoms. The SMILES string of the molecule is COC(=O)Cc1c(F)c(OC)cc(OC)c1F. The van der Waals surface area contributed by atoms with Gasteiger partial charge < -0.3 is 14.2 Å². The van der Waals surface area contributed by atoms with Crippen LogP contribution in [0.5, 0.6) is 11.5 Å². The minimum absolute atomic E-state index is 0.192. The maximum Gasteiger partial charge on any atom is 0.310 e. The number of esters is 1. The van der Waals surface area contributed by atoms with Crippen molar-refractivity contribution in [3.63, 3.8) is 0 Å². The number of hydrogen-bond acceptors (Lipinski definition) is 4. The molecule has 1 aromatic rings. The standard InChI is InChI=1S/C11H12F2O4/c1-15-7-5-8(16-2)11(13)6(10(7)12)4-9(14)17-3/h5H,4H2,1-3H3. The minimum atomic E-state index is -0.934. The van der Waals surface area contributed by atoms with Gasteiger partial charge >= 0.3 is 5.97 Å².